The third-order valence-corrected chi connectivity index (χ3v) is 2.22. The van der Waals surface area contributed by atoms with E-state index in [1.807, 2.05) is 31.2 Å². The number of ether oxygens (including phenoxy) is 1. The Morgan fingerprint density at radius 3 is 2.53 bits per heavy atom. The maximum absolute atomic E-state index is 11.4. The van der Waals surface area contributed by atoms with Crippen LogP contribution in [0, 0.1) is 6.92 Å². The lowest BCUT2D eigenvalue weighted by Gasteiger charge is -2.03. The van der Waals surface area contributed by atoms with E-state index in [4.69, 9.17) is 0 Å². The molecule has 0 aliphatic heterocycles. The van der Waals surface area contributed by atoms with Gasteiger partial charge < -0.3 is 4.74 Å². The molecule has 1 rings (SSSR count). The van der Waals surface area contributed by atoms with Gasteiger partial charge in [0.25, 0.3) is 0 Å². The molecule has 80 valence electrons. The van der Waals surface area contributed by atoms with Crippen LogP contribution in [-0.4, -0.2) is 18.9 Å². The van der Waals surface area contributed by atoms with Crippen molar-refractivity contribution in [3.05, 3.63) is 35.4 Å². The van der Waals surface area contributed by atoms with Crippen molar-refractivity contribution in [3.8, 4) is 0 Å². The maximum atomic E-state index is 11.4. The van der Waals surface area contributed by atoms with Gasteiger partial charge in [0, 0.05) is 6.42 Å². The van der Waals surface area contributed by atoms with Crippen molar-refractivity contribution in [1.82, 2.24) is 0 Å². The molecule has 0 N–H and O–H groups in total. The molecule has 0 atom stereocenters. The van der Waals surface area contributed by atoms with Gasteiger partial charge in [-0.1, -0.05) is 24.3 Å². The highest BCUT2D eigenvalue weighted by molar-refractivity contribution is 5.96. The lowest BCUT2D eigenvalue weighted by molar-refractivity contribution is -0.143. The van der Waals surface area contributed by atoms with E-state index in [1.54, 1.807) is 0 Å². The average molecular weight is 206 g/mol. The SMILES string of the molecule is COC(=O)CC(=O)Cc1ccccc1C. The minimum absolute atomic E-state index is 0.115. The summed E-state index contributed by atoms with van der Waals surface area (Å²) in [5.41, 5.74) is 2.03. The molecule has 0 aliphatic carbocycles. The Morgan fingerprint density at radius 1 is 1.27 bits per heavy atom. The number of Topliss-reactive ketones (excluding diaryl/α,β-unsaturated/α-hetero) is 1. The number of rotatable bonds is 4. The number of methoxy groups -OCH3 is 1. The summed E-state index contributed by atoms with van der Waals surface area (Å²) >= 11 is 0. The van der Waals surface area contributed by atoms with Crippen LogP contribution < -0.4 is 0 Å². The van der Waals surface area contributed by atoms with E-state index in [-0.39, 0.29) is 12.2 Å². The van der Waals surface area contributed by atoms with Gasteiger partial charge in [0.05, 0.1) is 7.11 Å². The van der Waals surface area contributed by atoms with Gasteiger partial charge in [0.2, 0.25) is 0 Å². The van der Waals surface area contributed by atoms with E-state index in [0.717, 1.165) is 11.1 Å². The van der Waals surface area contributed by atoms with Crippen LogP contribution in [0.4, 0.5) is 0 Å². The van der Waals surface area contributed by atoms with Gasteiger partial charge in [-0.3, -0.25) is 9.59 Å². The molecule has 1 aromatic carbocycles. The molecule has 3 nitrogen and oxygen atoms in total. The van der Waals surface area contributed by atoms with E-state index >= 15 is 0 Å². The second kappa shape index (κ2) is 5.29. The quantitative estimate of drug-likeness (QED) is 0.556. The van der Waals surface area contributed by atoms with Crippen LogP contribution >= 0.6 is 0 Å². The van der Waals surface area contributed by atoms with E-state index < -0.39 is 5.97 Å². The van der Waals surface area contributed by atoms with Crippen LogP contribution in [-0.2, 0) is 20.7 Å². The fraction of sp³-hybridized carbons (Fsp3) is 0.333. The smallest absolute Gasteiger partial charge is 0.313 e. The summed E-state index contributed by atoms with van der Waals surface area (Å²) in [6.07, 6.45) is 0.145. The summed E-state index contributed by atoms with van der Waals surface area (Å²) in [5, 5.41) is 0. The summed E-state index contributed by atoms with van der Waals surface area (Å²) in [6.45, 7) is 1.95. The van der Waals surface area contributed by atoms with Crippen molar-refractivity contribution in [2.24, 2.45) is 0 Å². The molecule has 0 fully saturated rings. The molecule has 3 heteroatoms. The van der Waals surface area contributed by atoms with Crippen molar-refractivity contribution in [2.75, 3.05) is 7.11 Å². The normalized spacial score (nSPS) is 9.73. The van der Waals surface area contributed by atoms with Crippen LogP contribution in [0.5, 0.6) is 0 Å². The van der Waals surface area contributed by atoms with Crippen LogP contribution in [0.15, 0.2) is 24.3 Å². The molecule has 0 spiro atoms. The van der Waals surface area contributed by atoms with E-state index in [0.29, 0.717) is 6.42 Å². The fourth-order valence-electron chi connectivity index (χ4n) is 1.32. The summed E-state index contributed by atoms with van der Waals surface area (Å²) in [4.78, 5) is 22.3. The molecule has 0 amide bonds. The van der Waals surface area contributed by atoms with Crippen molar-refractivity contribution < 1.29 is 14.3 Å². The van der Waals surface area contributed by atoms with Crippen LogP contribution in [0.25, 0.3) is 0 Å². The van der Waals surface area contributed by atoms with E-state index in [1.165, 1.54) is 7.11 Å². The van der Waals surface area contributed by atoms with Gasteiger partial charge in [0.1, 0.15) is 12.2 Å². The molecule has 0 aliphatic rings. The number of hydrogen-bond acceptors (Lipinski definition) is 3. The standard InChI is InChI=1S/C12H14O3/c1-9-5-3-4-6-10(9)7-11(13)8-12(14)15-2/h3-6H,7-8H2,1-2H3. The second-order valence-electron chi connectivity index (χ2n) is 3.39. The van der Waals surface area contributed by atoms with Gasteiger partial charge in [-0.25, -0.2) is 0 Å². The minimum atomic E-state index is -0.478. The van der Waals surface area contributed by atoms with Gasteiger partial charge in [-0.05, 0) is 18.1 Å². The fourth-order valence-corrected chi connectivity index (χ4v) is 1.32. The Morgan fingerprint density at radius 2 is 1.93 bits per heavy atom. The molecule has 0 aromatic heterocycles. The Balaban J connectivity index is 2.59. The highest BCUT2D eigenvalue weighted by atomic mass is 16.5. The highest BCUT2D eigenvalue weighted by Crippen LogP contribution is 2.09. The first kappa shape index (κ1) is 11.4. The summed E-state index contributed by atoms with van der Waals surface area (Å²) in [5.74, 6) is -0.593. The number of hydrogen-bond donors (Lipinski definition) is 0. The topological polar surface area (TPSA) is 43.4 Å². The van der Waals surface area contributed by atoms with Crippen molar-refractivity contribution >= 4 is 11.8 Å². The Bertz CT molecular complexity index is 369. The lowest BCUT2D eigenvalue weighted by Crippen LogP contribution is -2.11. The molecular formula is C12H14O3. The second-order valence-corrected chi connectivity index (χ2v) is 3.39. The predicted molar refractivity (Wildman–Crippen MR) is 56.5 cm³/mol. The maximum Gasteiger partial charge on any atom is 0.313 e. The van der Waals surface area contributed by atoms with Crippen molar-refractivity contribution in [1.29, 1.82) is 0 Å². The van der Waals surface area contributed by atoms with Crippen LogP contribution in [0.1, 0.15) is 17.5 Å². The molecule has 0 radical (unpaired) electrons. The minimum Gasteiger partial charge on any atom is -0.469 e. The number of esters is 1. The summed E-state index contributed by atoms with van der Waals surface area (Å²) in [7, 11) is 1.28. The monoisotopic (exact) mass is 206 g/mol. The third-order valence-electron chi connectivity index (χ3n) is 2.22. The molecule has 0 bridgehead atoms. The zero-order chi connectivity index (χ0) is 11.3. The summed E-state index contributed by atoms with van der Waals surface area (Å²) in [6, 6.07) is 7.64. The lowest BCUT2D eigenvalue weighted by atomic mass is 10.0. The number of carbonyl (C=O) groups excluding carboxylic acids is 2. The first-order chi connectivity index (χ1) is 7.13. The van der Waals surface area contributed by atoms with E-state index in [2.05, 4.69) is 4.74 Å². The van der Waals surface area contributed by atoms with Crippen LogP contribution in [0.3, 0.4) is 0 Å². The number of carbonyl (C=O) groups is 2. The molecule has 0 saturated heterocycles. The third kappa shape index (κ3) is 3.54. The molecule has 0 saturated carbocycles. The van der Waals surface area contributed by atoms with E-state index in [9.17, 15) is 9.59 Å². The highest BCUT2D eigenvalue weighted by Gasteiger charge is 2.10. The first-order valence-corrected chi connectivity index (χ1v) is 4.76. The van der Waals surface area contributed by atoms with Crippen molar-refractivity contribution in [2.45, 2.75) is 19.8 Å². The Labute approximate surface area is 89.1 Å². The van der Waals surface area contributed by atoms with Gasteiger partial charge in [0.15, 0.2) is 0 Å². The first-order valence-electron chi connectivity index (χ1n) is 4.76. The van der Waals surface area contributed by atoms with Gasteiger partial charge >= 0.3 is 5.97 Å². The number of ketones is 1. The predicted octanol–water partition coefficient (Wildman–Crippen LogP) is 1.67. The zero-order valence-electron chi connectivity index (χ0n) is 8.95. The molecule has 0 unspecified atom stereocenters. The largest absolute Gasteiger partial charge is 0.469 e. The number of aryl methyl sites for hydroxylation is 1. The van der Waals surface area contributed by atoms with Crippen molar-refractivity contribution in [3.63, 3.8) is 0 Å². The molecular weight excluding hydrogens is 192 g/mol. The number of benzene rings is 1. The molecule has 1 aromatic rings. The van der Waals surface area contributed by atoms with Crippen LogP contribution in [0.2, 0.25) is 0 Å². The zero-order valence-corrected chi connectivity index (χ0v) is 8.95. The average Bonchev–Trinajstić information content (AvgIpc) is 2.21. The Hall–Kier alpha value is -1.64. The molecule has 0 heterocycles. The Kier molecular flexibility index (Phi) is 4.03. The molecule has 15 heavy (non-hydrogen) atoms. The van der Waals surface area contributed by atoms with Gasteiger partial charge in [-0.2, -0.15) is 0 Å². The summed E-state index contributed by atoms with van der Waals surface area (Å²) < 4.78 is 4.43. The van der Waals surface area contributed by atoms with Gasteiger partial charge in [-0.15, -0.1) is 0 Å².